The maximum Gasteiger partial charge on any atom is 0.264 e. The third-order valence-electron chi connectivity index (χ3n) is 14.2. The van der Waals surface area contributed by atoms with E-state index >= 15 is 4.79 Å². The molecule has 0 radical (unpaired) electrons. The van der Waals surface area contributed by atoms with Crippen molar-refractivity contribution in [2.75, 3.05) is 55.3 Å². The van der Waals surface area contributed by atoms with Crippen LogP contribution in [0.25, 0.3) is 0 Å². The number of fused-ring (bicyclic) bond motifs is 2. The van der Waals surface area contributed by atoms with Crippen LogP contribution in [0.2, 0.25) is 18.6 Å². The highest BCUT2D eigenvalue weighted by molar-refractivity contribution is 6.91. The van der Waals surface area contributed by atoms with Gasteiger partial charge in [0.1, 0.15) is 17.0 Å². The molecular weight excluding hydrogens is 799 g/mol. The lowest BCUT2D eigenvalue weighted by molar-refractivity contribution is -0.146. The van der Waals surface area contributed by atoms with Gasteiger partial charge in [-0.1, -0.05) is 72.9 Å². The summed E-state index contributed by atoms with van der Waals surface area (Å²) in [5.41, 5.74) is 3.38. The number of aliphatic hydroxyl groups is 1. The summed E-state index contributed by atoms with van der Waals surface area (Å²) in [6, 6.07) is 32.6. The first kappa shape index (κ1) is 41.8. The van der Waals surface area contributed by atoms with Crippen molar-refractivity contribution in [1.82, 2.24) is 20.3 Å². The lowest BCUT2D eigenvalue weighted by atomic mass is 9.82. The average molecular weight is 856 g/mol. The van der Waals surface area contributed by atoms with Gasteiger partial charge in [-0.2, -0.15) is 0 Å². The molecule has 4 aromatic carbocycles. The topological polar surface area (TPSA) is 135 Å². The van der Waals surface area contributed by atoms with Crippen LogP contribution in [0, 0.1) is 5.92 Å². The summed E-state index contributed by atoms with van der Waals surface area (Å²) in [6.45, 7) is 9.88. The predicted octanol–water partition coefficient (Wildman–Crippen LogP) is 5.62. The number of methoxy groups -OCH3 is 2. The highest BCUT2D eigenvalue weighted by atomic mass is 28.3. The van der Waals surface area contributed by atoms with Crippen molar-refractivity contribution >= 4 is 42.1 Å². The van der Waals surface area contributed by atoms with E-state index in [2.05, 4.69) is 64.8 Å². The fourth-order valence-electron chi connectivity index (χ4n) is 10.9. The van der Waals surface area contributed by atoms with E-state index in [0.717, 1.165) is 65.6 Å². The van der Waals surface area contributed by atoms with Crippen molar-refractivity contribution in [2.24, 2.45) is 5.92 Å². The zero-order valence-corrected chi connectivity index (χ0v) is 37.3. The Morgan fingerprint density at radius 3 is 2.29 bits per heavy atom. The summed E-state index contributed by atoms with van der Waals surface area (Å²) in [6.07, 6.45) is 4.14. The van der Waals surface area contributed by atoms with Gasteiger partial charge in [0, 0.05) is 48.6 Å². The van der Waals surface area contributed by atoms with Crippen LogP contribution in [0.3, 0.4) is 0 Å². The summed E-state index contributed by atoms with van der Waals surface area (Å²) in [5.74, 6) is 1.31. The Kier molecular flexibility index (Phi) is 11.2. The van der Waals surface area contributed by atoms with Gasteiger partial charge in [0.15, 0.2) is 5.60 Å². The normalized spacial score (nSPS) is 23.2. The van der Waals surface area contributed by atoms with Crippen LogP contribution >= 0.6 is 0 Å². The standard InChI is InChI=1S/C48H57N7O6Si/c1-33-44(62(4,5)40-18-15-38(59-2)16-19-40)43(21-27-52-31-35(22-28-56)50-51-52)61-48(33)41-29-39(60-3)17-20-42(41)53(46(48)58)30-34-11-13-36(14-12-34)54-32-55(37-9-7-6-8-10-37)47(45(54)57)23-25-49-26-24-47/h6-20,29,31,33,43-44,49,56H,21-28,30,32H2,1-5H3/t33-,43+,44-,48+/m1/s1. The molecule has 2 amide bonds. The number of carbonyl (C=O) groups excluding carboxylic acids is 2. The molecule has 5 heterocycles. The molecule has 5 aromatic rings. The molecule has 2 N–H and O–H groups in total. The Morgan fingerprint density at radius 1 is 0.887 bits per heavy atom. The Morgan fingerprint density at radius 2 is 1.60 bits per heavy atom. The number of rotatable bonds is 13. The molecule has 62 heavy (non-hydrogen) atoms. The van der Waals surface area contributed by atoms with Crippen molar-refractivity contribution in [3.63, 3.8) is 0 Å². The first-order valence-electron chi connectivity index (χ1n) is 21.8. The smallest absolute Gasteiger partial charge is 0.264 e. The Balaban J connectivity index is 1.03. The van der Waals surface area contributed by atoms with E-state index in [0.29, 0.717) is 38.3 Å². The maximum absolute atomic E-state index is 15.5. The fourth-order valence-corrected chi connectivity index (χ4v) is 15.0. The molecule has 1 aromatic heterocycles. The molecule has 4 aliphatic rings. The summed E-state index contributed by atoms with van der Waals surface area (Å²) in [5, 5.41) is 22.8. The van der Waals surface area contributed by atoms with Crippen molar-refractivity contribution in [2.45, 2.75) is 81.6 Å². The van der Waals surface area contributed by atoms with Crippen molar-refractivity contribution < 1.29 is 28.9 Å². The summed E-state index contributed by atoms with van der Waals surface area (Å²) in [7, 11) is 0.941. The Bertz CT molecular complexity index is 2400. The summed E-state index contributed by atoms with van der Waals surface area (Å²) in [4.78, 5) is 36.0. The van der Waals surface area contributed by atoms with Gasteiger partial charge in [0.2, 0.25) is 0 Å². The molecule has 3 fully saturated rings. The van der Waals surface area contributed by atoms with Crippen LogP contribution in [-0.2, 0) is 39.4 Å². The van der Waals surface area contributed by atoms with Gasteiger partial charge in [-0.25, -0.2) is 0 Å². The van der Waals surface area contributed by atoms with Crippen LogP contribution < -0.4 is 34.7 Å². The molecule has 9 rings (SSSR count). The SMILES string of the molecule is COc1ccc([Si](C)(C)[C@H]2[C@H](CCn3cc(CCO)nn3)O[C@@]3(C(=O)N(Cc4ccc(N5CN(c6ccccc6)C6(CCNCC6)C5=O)cc4)c4ccc(OC)cc43)[C@@H]2C)cc1. The minimum atomic E-state index is -2.38. The quantitative estimate of drug-likeness (QED) is 0.144. The van der Waals surface area contributed by atoms with Crippen LogP contribution in [0.15, 0.2) is 103 Å². The lowest BCUT2D eigenvalue weighted by Gasteiger charge is -2.39. The molecule has 0 bridgehead atoms. The number of aromatic nitrogens is 3. The number of carbonyl (C=O) groups is 2. The maximum atomic E-state index is 15.5. The van der Waals surface area contributed by atoms with E-state index in [-0.39, 0.29) is 36.0 Å². The van der Waals surface area contributed by atoms with Crippen LogP contribution in [-0.4, -0.2) is 92.2 Å². The zero-order chi connectivity index (χ0) is 43.2. The van der Waals surface area contributed by atoms with Crippen LogP contribution in [0.4, 0.5) is 17.1 Å². The molecule has 14 heteroatoms. The summed E-state index contributed by atoms with van der Waals surface area (Å²) < 4.78 is 20.5. The molecule has 4 aliphatic heterocycles. The second-order valence-electron chi connectivity index (χ2n) is 17.8. The number of aryl methyl sites for hydroxylation is 1. The number of para-hydroxylation sites is 1. The van der Waals surface area contributed by atoms with E-state index in [1.807, 2.05) is 93.5 Å². The largest absolute Gasteiger partial charge is 0.497 e. The number of benzene rings is 4. The van der Waals surface area contributed by atoms with E-state index in [9.17, 15) is 9.90 Å². The molecule has 0 saturated carbocycles. The number of amides is 2. The van der Waals surface area contributed by atoms with Gasteiger partial charge >= 0.3 is 0 Å². The van der Waals surface area contributed by atoms with E-state index in [1.54, 1.807) is 14.2 Å². The molecule has 4 atom stereocenters. The van der Waals surface area contributed by atoms with Gasteiger partial charge in [-0.15, -0.1) is 5.10 Å². The summed E-state index contributed by atoms with van der Waals surface area (Å²) >= 11 is 0. The van der Waals surface area contributed by atoms with Crippen molar-refractivity contribution in [3.8, 4) is 11.5 Å². The fraction of sp³-hybridized carbons (Fsp3) is 0.417. The molecular formula is C48H57N7O6Si. The first-order valence-corrected chi connectivity index (χ1v) is 24.9. The van der Waals surface area contributed by atoms with Gasteiger partial charge in [-0.3, -0.25) is 19.2 Å². The van der Waals surface area contributed by atoms with Gasteiger partial charge in [-0.05, 0) is 98.1 Å². The minimum Gasteiger partial charge on any atom is -0.497 e. The van der Waals surface area contributed by atoms with Crippen LogP contribution in [0.5, 0.6) is 11.5 Å². The number of nitrogens with zero attached hydrogens (tertiary/aromatic N) is 6. The van der Waals surface area contributed by atoms with E-state index < -0.39 is 19.2 Å². The Hall–Kier alpha value is -5.54. The monoisotopic (exact) mass is 855 g/mol. The highest BCUT2D eigenvalue weighted by Gasteiger charge is 2.66. The second kappa shape index (κ2) is 16.6. The number of piperidine rings is 1. The first-order chi connectivity index (χ1) is 30.0. The van der Waals surface area contributed by atoms with E-state index in [4.69, 9.17) is 14.2 Å². The molecule has 0 aliphatic carbocycles. The van der Waals surface area contributed by atoms with Crippen molar-refractivity contribution in [3.05, 3.63) is 120 Å². The predicted molar refractivity (Wildman–Crippen MR) is 242 cm³/mol. The zero-order valence-electron chi connectivity index (χ0n) is 36.3. The number of hydrogen-bond donors (Lipinski definition) is 2. The van der Waals surface area contributed by atoms with E-state index in [1.165, 1.54) is 5.19 Å². The molecule has 3 saturated heterocycles. The molecule has 13 nitrogen and oxygen atoms in total. The number of anilines is 3. The Labute approximate surface area is 364 Å². The number of hydrogen-bond acceptors (Lipinski definition) is 10. The molecule has 324 valence electrons. The molecule has 2 spiro atoms. The number of aliphatic hydroxyl groups excluding tert-OH is 1. The van der Waals surface area contributed by atoms with Gasteiger partial charge in [0.05, 0.1) is 53.0 Å². The minimum absolute atomic E-state index is 0.00412. The molecule has 0 unspecified atom stereocenters. The van der Waals surface area contributed by atoms with Gasteiger partial charge < -0.3 is 34.4 Å². The third-order valence-corrected chi connectivity index (χ3v) is 18.5. The third kappa shape index (κ3) is 6.97. The number of nitrogens with one attached hydrogen (secondary N) is 1. The van der Waals surface area contributed by atoms with Gasteiger partial charge in [0.25, 0.3) is 11.8 Å². The van der Waals surface area contributed by atoms with Crippen molar-refractivity contribution in [1.29, 1.82) is 0 Å². The number of ether oxygens (including phenoxy) is 3. The average Bonchev–Trinajstić information content (AvgIpc) is 4.02. The second-order valence-corrected chi connectivity index (χ2v) is 22.4. The van der Waals surface area contributed by atoms with Crippen LogP contribution in [0.1, 0.15) is 43.0 Å². The lowest BCUT2D eigenvalue weighted by Crippen LogP contribution is -2.55. The highest BCUT2D eigenvalue weighted by Crippen LogP contribution is 2.60.